The van der Waals surface area contributed by atoms with Crippen molar-refractivity contribution in [2.45, 2.75) is 58.0 Å². The largest absolute Gasteiger partial charge is 0.333 e. The van der Waals surface area contributed by atoms with Gasteiger partial charge in [-0.2, -0.15) is 5.10 Å². The van der Waals surface area contributed by atoms with E-state index in [0.29, 0.717) is 11.7 Å². The second kappa shape index (κ2) is 6.51. The third-order valence-corrected chi connectivity index (χ3v) is 6.02. The predicted molar refractivity (Wildman–Crippen MR) is 92.2 cm³/mol. The molecule has 0 aromatic carbocycles. The zero-order valence-corrected chi connectivity index (χ0v) is 14.6. The van der Waals surface area contributed by atoms with Crippen LogP contribution in [0.3, 0.4) is 0 Å². The molecular formula is C16H22N6OS. The van der Waals surface area contributed by atoms with Crippen LogP contribution in [0.25, 0.3) is 0 Å². The summed E-state index contributed by atoms with van der Waals surface area (Å²) in [5.74, 6) is 1.75. The molecule has 1 aliphatic carbocycles. The number of carbonyl (C=O) groups is 1. The number of nitrogens with one attached hydrogen (secondary N) is 2. The number of rotatable bonds is 3. The molecule has 2 amide bonds. The zero-order valence-electron chi connectivity index (χ0n) is 13.8. The third-order valence-electron chi connectivity index (χ3n) is 4.98. The van der Waals surface area contributed by atoms with E-state index in [1.165, 1.54) is 23.4 Å². The van der Waals surface area contributed by atoms with Gasteiger partial charge in [0, 0.05) is 11.3 Å². The van der Waals surface area contributed by atoms with Crippen LogP contribution in [0.15, 0.2) is 6.33 Å². The molecule has 2 N–H and O–H groups in total. The number of hydrogen-bond donors (Lipinski definition) is 2. The molecule has 1 aliphatic heterocycles. The first-order chi connectivity index (χ1) is 11.7. The van der Waals surface area contributed by atoms with E-state index in [2.05, 4.69) is 32.6 Å². The monoisotopic (exact) mass is 346 g/mol. The van der Waals surface area contributed by atoms with Crippen LogP contribution in [0.1, 0.15) is 42.6 Å². The van der Waals surface area contributed by atoms with E-state index in [4.69, 9.17) is 0 Å². The Bertz CT molecular complexity index is 739. The van der Waals surface area contributed by atoms with Crippen molar-refractivity contribution < 1.29 is 4.79 Å². The van der Waals surface area contributed by atoms with Crippen LogP contribution >= 0.6 is 11.3 Å². The number of aromatic nitrogens is 4. The molecule has 2 atom stereocenters. The van der Waals surface area contributed by atoms with Crippen molar-refractivity contribution in [3.05, 3.63) is 22.7 Å². The minimum Gasteiger partial charge on any atom is -0.333 e. The normalized spacial score (nSPS) is 22.5. The van der Waals surface area contributed by atoms with Gasteiger partial charge in [-0.3, -0.25) is 5.32 Å². The summed E-state index contributed by atoms with van der Waals surface area (Å²) in [5.41, 5.74) is 1.17. The van der Waals surface area contributed by atoms with Crippen LogP contribution in [0.5, 0.6) is 0 Å². The Kier molecular flexibility index (Phi) is 4.22. The van der Waals surface area contributed by atoms with Gasteiger partial charge < -0.3 is 5.32 Å². The molecule has 2 aromatic heterocycles. The number of anilines is 1. The average molecular weight is 346 g/mol. The molecule has 2 aliphatic rings. The fraction of sp³-hybridized carbons (Fsp3) is 0.625. The van der Waals surface area contributed by atoms with Crippen LogP contribution < -0.4 is 10.6 Å². The molecule has 0 saturated heterocycles. The Hall–Kier alpha value is -1.96. The van der Waals surface area contributed by atoms with Crippen molar-refractivity contribution in [2.24, 2.45) is 5.92 Å². The fourth-order valence-electron chi connectivity index (χ4n) is 3.52. The molecule has 128 valence electrons. The van der Waals surface area contributed by atoms with Crippen LogP contribution in [-0.2, 0) is 25.8 Å². The molecule has 24 heavy (non-hydrogen) atoms. The topological polar surface area (TPSA) is 84.7 Å². The molecule has 0 saturated carbocycles. The summed E-state index contributed by atoms with van der Waals surface area (Å²) in [4.78, 5) is 22.4. The highest BCUT2D eigenvalue weighted by Crippen LogP contribution is 2.33. The Labute approximate surface area is 144 Å². The van der Waals surface area contributed by atoms with Crippen molar-refractivity contribution in [1.29, 1.82) is 0 Å². The van der Waals surface area contributed by atoms with Crippen LogP contribution in [0.2, 0.25) is 0 Å². The van der Waals surface area contributed by atoms with Gasteiger partial charge in [-0.05, 0) is 31.6 Å². The lowest BCUT2D eigenvalue weighted by atomic mass is 9.89. The first-order valence-electron chi connectivity index (χ1n) is 8.64. The number of thiazole rings is 1. The lowest BCUT2D eigenvalue weighted by Crippen LogP contribution is -2.43. The standard InChI is InChI=1S/C16H22N6OS/c1-2-10-3-5-12-13(7-10)24-16(20-12)21-15(23)19-11-4-6-14-17-9-18-22(14)8-11/h9-11H,2-8H2,1H3,(H2,19,20,21,23)/t10-,11-/m1/s1. The van der Waals surface area contributed by atoms with Gasteiger partial charge in [-0.25, -0.2) is 19.4 Å². The number of amides is 2. The van der Waals surface area contributed by atoms with Crippen molar-refractivity contribution in [3.63, 3.8) is 0 Å². The van der Waals surface area contributed by atoms with Crippen molar-refractivity contribution in [1.82, 2.24) is 25.1 Å². The third kappa shape index (κ3) is 3.15. The van der Waals surface area contributed by atoms with E-state index in [0.717, 1.165) is 37.4 Å². The van der Waals surface area contributed by atoms with Gasteiger partial charge in [0.15, 0.2) is 5.13 Å². The van der Waals surface area contributed by atoms with Gasteiger partial charge >= 0.3 is 6.03 Å². The van der Waals surface area contributed by atoms with Crippen molar-refractivity contribution >= 4 is 22.5 Å². The van der Waals surface area contributed by atoms with Crippen molar-refractivity contribution in [3.8, 4) is 0 Å². The molecule has 0 spiro atoms. The molecule has 2 aromatic rings. The van der Waals surface area contributed by atoms with Gasteiger partial charge in [-0.15, -0.1) is 11.3 Å². The van der Waals surface area contributed by atoms with E-state index in [9.17, 15) is 4.79 Å². The van der Waals surface area contributed by atoms with Crippen LogP contribution in [0, 0.1) is 5.92 Å². The lowest BCUT2D eigenvalue weighted by Gasteiger charge is -2.23. The molecular weight excluding hydrogens is 324 g/mol. The second-order valence-electron chi connectivity index (χ2n) is 6.60. The van der Waals surface area contributed by atoms with E-state index >= 15 is 0 Å². The maximum absolute atomic E-state index is 12.3. The maximum Gasteiger partial charge on any atom is 0.321 e. The Balaban J connectivity index is 1.35. The number of fused-ring (bicyclic) bond motifs is 2. The van der Waals surface area contributed by atoms with Gasteiger partial charge in [0.05, 0.1) is 18.3 Å². The number of carbonyl (C=O) groups excluding carboxylic acids is 1. The molecule has 4 rings (SSSR count). The van der Waals surface area contributed by atoms with Gasteiger partial charge in [0.1, 0.15) is 12.2 Å². The number of urea groups is 1. The van der Waals surface area contributed by atoms with E-state index < -0.39 is 0 Å². The number of hydrogen-bond acceptors (Lipinski definition) is 5. The molecule has 0 fully saturated rings. The summed E-state index contributed by atoms with van der Waals surface area (Å²) in [6.45, 7) is 2.92. The van der Waals surface area contributed by atoms with Crippen LogP contribution in [0.4, 0.5) is 9.93 Å². The SMILES string of the molecule is CC[C@@H]1CCc2nc(NC(=O)N[C@@H]3CCc4ncnn4C3)sc2C1. The molecule has 7 nitrogen and oxygen atoms in total. The van der Waals surface area contributed by atoms with Gasteiger partial charge in [-0.1, -0.05) is 13.3 Å². The predicted octanol–water partition coefficient (Wildman–Crippen LogP) is 2.39. The molecule has 0 bridgehead atoms. The minimum absolute atomic E-state index is 0.0817. The Morgan fingerprint density at radius 3 is 3.21 bits per heavy atom. The Morgan fingerprint density at radius 2 is 2.33 bits per heavy atom. The van der Waals surface area contributed by atoms with E-state index in [-0.39, 0.29) is 12.1 Å². The zero-order chi connectivity index (χ0) is 16.5. The van der Waals surface area contributed by atoms with Crippen LogP contribution in [-0.4, -0.2) is 31.8 Å². The average Bonchev–Trinajstić information content (AvgIpc) is 3.19. The molecule has 3 heterocycles. The molecule has 0 unspecified atom stereocenters. The Morgan fingerprint density at radius 1 is 1.42 bits per heavy atom. The summed E-state index contributed by atoms with van der Waals surface area (Å²) in [7, 11) is 0. The molecule has 8 heteroatoms. The second-order valence-corrected chi connectivity index (χ2v) is 7.68. The highest BCUT2D eigenvalue weighted by molar-refractivity contribution is 7.15. The maximum atomic E-state index is 12.3. The summed E-state index contributed by atoms with van der Waals surface area (Å²) in [6, 6.07) is -0.0973. The summed E-state index contributed by atoms with van der Waals surface area (Å²) in [5, 5.41) is 10.8. The smallest absolute Gasteiger partial charge is 0.321 e. The quantitative estimate of drug-likeness (QED) is 0.894. The fourth-order valence-corrected chi connectivity index (χ4v) is 4.64. The summed E-state index contributed by atoms with van der Waals surface area (Å²) in [6.07, 6.45) is 7.86. The summed E-state index contributed by atoms with van der Waals surface area (Å²) >= 11 is 1.62. The highest BCUT2D eigenvalue weighted by Gasteiger charge is 2.24. The number of nitrogens with zero attached hydrogens (tertiary/aromatic N) is 4. The van der Waals surface area contributed by atoms with Gasteiger partial charge in [0.2, 0.25) is 0 Å². The first kappa shape index (κ1) is 15.6. The lowest BCUT2D eigenvalue weighted by molar-refractivity contribution is 0.243. The summed E-state index contributed by atoms with van der Waals surface area (Å²) < 4.78 is 1.86. The first-order valence-corrected chi connectivity index (χ1v) is 9.45. The van der Waals surface area contributed by atoms with Crippen molar-refractivity contribution in [2.75, 3.05) is 5.32 Å². The molecule has 0 radical (unpaired) electrons. The van der Waals surface area contributed by atoms with E-state index in [1.54, 1.807) is 17.7 Å². The minimum atomic E-state index is -0.179. The van der Waals surface area contributed by atoms with E-state index in [1.807, 2.05) is 4.68 Å². The highest BCUT2D eigenvalue weighted by atomic mass is 32.1. The van der Waals surface area contributed by atoms with Gasteiger partial charge in [0.25, 0.3) is 0 Å². The number of aryl methyl sites for hydroxylation is 2.